The molecule has 0 aliphatic heterocycles. The van der Waals surface area contributed by atoms with Gasteiger partial charge in [-0.1, -0.05) is 30.0 Å². The van der Waals surface area contributed by atoms with Gasteiger partial charge in [0.25, 0.3) is 5.91 Å². The highest BCUT2D eigenvalue weighted by Crippen LogP contribution is 2.39. The lowest BCUT2D eigenvalue weighted by Gasteiger charge is -2.18. The SMILES string of the molecule is Cc1c(C(=O)Nc2cc(F)c(N(C)C)c(SC=O)c2)cn(CCO)c1-c1ccccc1C(F)(F)F. The number of amides is 1. The minimum atomic E-state index is -4.63. The number of alkyl halides is 3. The van der Waals surface area contributed by atoms with Crippen molar-refractivity contribution in [1.82, 2.24) is 4.57 Å². The van der Waals surface area contributed by atoms with Crippen molar-refractivity contribution in [2.75, 3.05) is 30.9 Å². The van der Waals surface area contributed by atoms with E-state index in [1.54, 1.807) is 14.1 Å². The molecule has 186 valence electrons. The molecular weight excluding hydrogens is 486 g/mol. The number of aromatic nitrogens is 1. The van der Waals surface area contributed by atoms with E-state index in [2.05, 4.69) is 5.32 Å². The van der Waals surface area contributed by atoms with E-state index >= 15 is 0 Å². The number of anilines is 2. The lowest BCUT2D eigenvalue weighted by Crippen LogP contribution is -2.15. The first-order valence-electron chi connectivity index (χ1n) is 10.4. The molecule has 0 atom stereocenters. The van der Waals surface area contributed by atoms with Crippen molar-refractivity contribution in [3.63, 3.8) is 0 Å². The molecule has 0 spiro atoms. The number of thioether (sulfide) groups is 1. The Morgan fingerprint density at radius 2 is 1.91 bits per heavy atom. The Morgan fingerprint density at radius 3 is 2.51 bits per heavy atom. The first-order valence-corrected chi connectivity index (χ1v) is 11.3. The third-order valence-corrected chi connectivity index (χ3v) is 5.97. The molecule has 1 amide bonds. The van der Waals surface area contributed by atoms with Crippen LogP contribution in [0, 0.1) is 12.7 Å². The third-order valence-electron chi connectivity index (χ3n) is 5.31. The second kappa shape index (κ2) is 10.5. The van der Waals surface area contributed by atoms with E-state index in [1.165, 1.54) is 46.9 Å². The fourth-order valence-electron chi connectivity index (χ4n) is 3.89. The molecule has 0 bridgehead atoms. The standard InChI is InChI=1S/C24H23F4N3O3S/c1-14-17(23(34)29-15-10-19(25)22(30(2)3)20(11-15)35-13-33)12-31(8-9-32)21(14)16-6-4-5-7-18(16)24(26,27)28/h4-7,10-13,32H,8-9H2,1-3H3,(H,29,34). The highest BCUT2D eigenvalue weighted by molar-refractivity contribution is 8.12. The van der Waals surface area contributed by atoms with E-state index in [4.69, 9.17) is 0 Å². The summed E-state index contributed by atoms with van der Waals surface area (Å²) < 4.78 is 57.1. The van der Waals surface area contributed by atoms with Crippen LogP contribution in [-0.2, 0) is 17.5 Å². The molecule has 35 heavy (non-hydrogen) atoms. The second-order valence-corrected chi connectivity index (χ2v) is 8.71. The number of halogens is 4. The van der Waals surface area contributed by atoms with Gasteiger partial charge in [0, 0.05) is 43.0 Å². The predicted octanol–water partition coefficient (Wildman–Crippen LogP) is 5.21. The number of aliphatic hydroxyl groups is 1. The summed E-state index contributed by atoms with van der Waals surface area (Å²) in [5.41, 5.74) is 0.262. The highest BCUT2D eigenvalue weighted by Gasteiger charge is 2.35. The summed E-state index contributed by atoms with van der Waals surface area (Å²) in [6.07, 6.45) is -3.27. The van der Waals surface area contributed by atoms with Crippen LogP contribution in [0.25, 0.3) is 11.3 Å². The molecule has 0 saturated carbocycles. The summed E-state index contributed by atoms with van der Waals surface area (Å²) in [5, 5.41) is 12.0. The van der Waals surface area contributed by atoms with Gasteiger partial charge in [-0.2, -0.15) is 13.2 Å². The molecule has 1 heterocycles. The molecule has 0 aliphatic carbocycles. The number of nitrogens with zero attached hydrogens (tertiary/aromatic N) is 2. The number of hydrogen-bond donors (Lipinski definition) is 2. The Labute approximate surface area is 203 Å². The summed E-state index contributed by atoms with van der Waals surface area (Å²) in [5.74, 6) is -1.34. The zero-order valence-corrected chi connectivity index (χ0v) is 19.9. The van der Waals surface area contributed by atoms with Gasteiger partial charge in [-0.05, 0) is 30.7 Å². The van der Waals surface area contributed by atoms with Crippen molar-refractivity contribution in [2.24, 2.45) is 0 Å². The maximum absolute atomic E-state index is 14.7. The molecule has 2 N–H and O–H groups in total. The first-order chi connectivity index (χ1) is 16.5. The average Bonchev–Trinajstić information content (AvgIpc) is 3.09. The van der Waals surface area contributed by atoms with Gasteiger partial charge in [0.2, 0.25) is 0 Å². The molecule has 2 aromatic carbocycles. The van der Waals surface area contributed by atoms with Crippen LogP contribution in [0.15, 0.2) is 47.5 Å². The monoisotopic (exact) mass is 509 g/mol. The largest absolute Gasteiger partial charge is 0.417 e. The number of aliphatic hydroxyl groups excluding tert-OH is 1. The van der Waals surface area contributed by atoms with Crippen LogP contribution < -0.4 is 10.2 Å². The zero-order valence-electron chi connectivity index (χ0n) is 19.1. The van der Waals surface area contributed by atoms with E-state index < -0.39 is 23.5 Å². The Balaban J connectivity index is 2.07. The number of nitrogens with one attached hydrogen (secondary N) is 1. The van der Waals surface area contributed by atoms with Gasteiger partial charge < -0.3 is 19.9 Å². The fourth-order valence-corrected chi connectivity index (χ4v) is 4.58. The smallest absolute Gasteiger partial charge is 0.395 e. The van der Waals surface area contributed by atoms with Gasteiger partial charge in [0.1, 0.15) is 5.82 Å². The zero-order chi connectivity index (χ0) is 25.9. The van der Waals surface area contributed by atoms with Crippen LogP contribution in [0.4, 0.5) is 28.9 Å². The molecular formula is C24H23F4N3O3S. The van der Waals surface area contributed by atoms with Gasteiger partial charge >= 0.3 is 6.18 Å². The van der Waals surface area contributed by atoms with Crippen LogP contribution in [0.5, 0.6) is 0 Å². The maximum atomic E-state index is 14.7. The Morgan fingerprint density at radius 1 is 1.23 bits per heavy atom. The Hall–Kier alpha value is -3.31. The van der Waals surface area contributed by atoms with E-state index in [9.17, 15) is 32.3 Å². The lowest BCUT2D eigenvalue weighted by molar-refractivity contribution is -0.137. The molecule has 0 radical (unpaired) electrons. The molecule has 1 aromatic heterocycles. The van der Waals surface area contributed by atoms with Gasteiger partial charge in [-0.3, -0.25) is 9.59 Å². The minimum absolute atomic E-state index is 0.0398. The first kappa shape index (κ1) is 26.3. The number of rotatable bonds is 8. The van der Waals surface area contributed by atoms with Gasteiger partial charge in [-0.15, -0.1) is 0 Å². The maximum Gasteiger partial charge on any atom is 0.417 e. The van der Waals surface area contributed by atoms with Crippen molar-refractivity contribution in [3.8, 4) is 11.3 Å². The second-order valence-electron chi connectivity index (χ2n) is 7.84. The van der Waals surface area contributed by atoms with Crippen molar-refractivity contribution in [3.05, 3.63) is 65.1 Å². The molecule has 0 unspecified atom stereocenters. The van der Waals surface area contributed by atoms with E-state index in [0.717, 1.165) is 23.9 Å². The van der Waals surface area contributed by atoms with Crippen LogP contribution in [-0.4, -0.2) is 41.9 Å². The topological polar surface area (TPSA) is 74.6 Å². The molecule has 11 heteroatoms. The molecule has 3 rings (SSSR count). The van der Waals surface area contributed by atoms with Crippen molar-refractivity contribution in [2.45, 2.75) is 24.5 Å². The lowest BCUT2D eigenvalue weighted by atomic mass is 10.00. The van der Waals surface area contributed by atoms with E-state index in [1.807, 2.05) is 0 Å². The summed E-state index contributed by atoms with van der Waals surface area (Å²) in [7, 11) is 3.22. The van der Waals surface area contributed by atoms with Crippen LogP contribution >= 0.6 is 11.8 Å². The van der Waals surface area contributed by atoms with Crippen LogP contribution in [0.1, 0.15) is 21.5 Å². The van der Waals surface area contributed by atoms with Gasteiger partial charge in [0.05, 0.1) is 29.1 Å². The average molecular weight is 510 g/mol. The van der Waals surface area contributed by atoms with Crippen LogP contribution in [0.2, 0.25) is 0 Å². The summed E-state index contributed by atoms with van der Waals surface area (Å²) >= 11 is 0.747. The summed E-state index contributed by atoms with van der Waals surface area (Å²) in [6.45, 7) is 1.11. The number of hydrogen-bond acceptors (Lipinski definition) is 5. The molecule has 0 saturated heterocycles. The molecule has 0 aliphatic rings. The molecule has 0 fully saturated rings. The quantitative estimate of drug-likeness (QED) is 0.248. The van der Waals surface area contributed by atoms with Gasteiger partial charge in [-0.25, -0.2) is 4.39 Å². The van der Waals surface area contributed by atoms with Crippen molar-refractivity contribution < 1.29 is 32.3 Å². The van der Waals surface area contributed by atoms with E-state index in [-0.39, 0.29) is 51.8 Å². The Bertz CT molecular complexity index is 1260. The number of benzene rings is 2. The third kappa shape index (κ3) is 5.51. The van der Waals surface area contributed by atoms with E-state index in [0.29, 0.717) is 5.62 Å². The number of carbonyl (C=O) groups excluding carboxylic acids is 2. The summed E-state index contributed by atoms with van der Waals surface area (Å²) in [6, 6.07) is 7.53. The normalized spacial score (nSPS) is 11.4. The van der Waals surface area contributed by atoms with Crippen molar-refractivity contribution >= 4 is 34.7 Å². The fraction of sp³-hybridized carbons (Fsp3) is 0.250. The minimum Gasteiger partial charge on any atom is -0.395 e. The predicted molar refractivity (Wildman–Crippen MR) is 128 cm³/mol. The van der Waals surface area contributed by atoms with Crippen molar-refractivity contribution in [1.29, 1.82) is 0 Å². The van der Waals surface area contributed by atoms with Gasteiger partial charge in [0.15, 0.2) is 5.62 Å². The Kier molecular flexibility index (Phi) is 7.91. The van der Waals surface area contributed by atoms with Crippen LogP contribution in [0.3, 0.4) is 0 Å². The molecule has 3 aromatic rings. The molecule has 6 nitrogen and oxygen atoms in total. The number of carbonyl (C=O) groups is 2. The highest BCUT2D eigenvalue weighted by atomic mass is 32.2. The summed E-state index contributed by atoms with van der Waals surface area (Å²) in [4.78, 5) is 25.9.